The highest BCUT2D eigenvalue weighted by atomic mass is 35.5. The van der Waals surface area contributed by atoms with Gasteiger partial charge < -0.3 is 20.1 Å². The number of rotatable bonds is 4. The number of alkyl halides is 4. The SMILES string of the molecule is CC1CC(C)N(C)c2nc(OC[C@@]34CCCN3C[C@H](F)C4)nc3c(F)c(-c4cc(N)cc(Cl)c4C(F)(F)F)nc(c23)O1. The average molecular weight is 613 g/mol. The molecule has 2 fully saturated rings. The van der Waals surface area contributed by atoms with Crippen molar-refractivity contribution in [2.75, 3.05) is 37.4 Å². The predicted octanol–water partition coefficient (Wildman–Crippen LogP) is 6.04. The van der Waals surface area contributed by atoms with Gasteiger partial charge in [0.1, 0.15) is 35.2 Å². The Hall–Kier alpha value is -3.19. The molecule has 0 amide bonds. The third-order valence-electron chi connectivity index (χ3n) is 8.58. The standard InChI is InChI=1S/C28H30ClF5N6O2/c1-13-7-14(2)42-25-19-23(21(31)22(36-25)17-8-16(35)9-18(29)20(17)28(32,33)34)37-26(38-24(19)39(13)3)41-12-27-5-4-6-40(27)11-15(30)10-27/h8-9,13-15H,4-7,10-12,35H2,1-3H3/t13?,14?,15-,27+/m1/s1. The van der Waals surface area contributed by atoms with Gasteiger partial charge in [0, 0.05) is 43.7 Å². The monoisotopic (exact) mass is 612 g/mol. The van der Waals surface area contributed by atoms with E-state index < -0.39 is 51.7 Å². The summed E-state index contributed by atoms with van der Waals surface area (Å²) in [7, 11) is 1.77. The van der Waals surface area contributed by atoms with Crippen molar-refractivity contribution in [3.63, 3.8) is 0 Å². The lowest BCUT2D eigenvalue weighted by Gasteiger charge is -2.33. The number of hydrogen-bond donors (Lipinski definition) is 1. The van der Waals surface area contributed by atoms with Gasteiger partial charge in [0.2, 0.25) is 5.88 Å². The first kappa shape index (κ1) is 28.9. The Morgan fingerprint density at radius 3 is 2.71 bits per heavy atom. The molecule has 0 saturated carbocycles. The minimum absolute atomic E-state index is 0.0840. The topological polar surface area (TPSA) is 89.6 Å². The molecule has 0 spiro atoms. The van der Waals surface area contributed by atoms with Crippen LogP contribution in [0, 0.1) is 5.82 Å². The Morgan fingerprint density at radius 2 is 1.98 bits per heavy atom. The number of aromatic nitrogens is 3. The lowest BCUT2D eigenvalue weighted by atomic mass is 9.95. The van der Waals surface area contributed by atoms with Crippen molar-refractivity contribution < 1.29 is 31.4 Å². The largest absolute Gasteiger partial charge is 0.474 e. The van der Waals surface area contributed by atoms with E-state index >= 15 is 4.39 Å². The number of halogens is 6. The van der Waals surface area contributed by atoms with Gasteiger partial charge in [0.05, 0.1) is 22.2 Å². The van der Waals surface area contributed by atoms with Crippen molar-refractivity contribution in [2.45, 2.75) is 69.6 Å². The molecule has 0 radical (unpaired) electrons. The lowest BCUT2D eigenvalue weighted by Crippen LogP contribution is -2.43. The van der Waals surface area contributed by atoms with Gasteiger partial charge in [0.15, 0.2) is 5.82 Å². The Kier molecular flexibility index (Phi) is 7.03. The molecule has 14 heteroatoms. The lowest BCUT2D eigenvalue weighted by molar-refractivity contribution is -0.137. The highest BCUT2D eigenvalue weighted by Crippen LogP contribution is 2.46. The molecular weight excluding hydrogens is 583 g/mol. The molecule has 0 aliphatic carbocycles. The number of ether oxygens (including phenoxy) is 2. The number of fused-ring (bicyclic) bond motifs is 1. The minimum atomic E-state index is -4.94. The second-order valence-corrected chi connectivity index (χ2v) is 12.0. The molecule has 5 heterocycles. The van der Waals surface area contributed by atoms with E-state index in [-0.39, 0.29) is 46.9 Å². The molecule has 1 aromatic carbocycles. The summed E-state index contributed by atoms with van der Waals surface area (Å²) in [5.41, 5.74) is 2.28. The first-order valence-electron chi connectivity index (χ1n) is 13.8. The molecule has 2 unspecified atom stereocenters. The molecule has 3 aliphatic rings. The summed E-state index contributed by atoms with van der Waals surface area (Å²) in [5, 5.41) is -0.599. The fraction of sp³-hybridized carbons (Fsp3) is 0.536. The molecule has 3 aliphatic heterocycles. The quantitative estimate of drug-likeness (QED) is 0.282. The van der Waals surface area contributed by atoms with Crippen LogP contribution in [0.2, 0.25) is 5.02 Å². The van der Waals surface area contributed by atoms with Gasteiger partial charge in [-0.15, -0.1) is 0 Å². The highest BCUT2D eigenvalue weighted by molar-refractivity contribution is 6.32. The fourth-order valence-electron chi connectivity index (χ4n) is 6.52. The van der Waals surface area contributed by atoms with Crippen molar-refractivity contribution in [3.05, 3.63) is 28.5 Å². The van der Waals surface area contributed by atoms with E-state index in [1.807, 2.05) is 11.8 Å². The summed E-state index contributed by atoms with van der Waals surface area (Å²) in [6.45, 7) is 4.88. The van der Waals surface area contributed by atoms with E-state index in [0.29, 0.717) is 19.4 Å². The van der Waals surface area contributed by atoms with Gasteiger partial charge in [-0.25, -0.2) is 13.8 Å². The van der Waals surface area contributed by atoms with Crippen molar-refractivity contribution in [1.29, 1.82) is 0 Å². The Bertz CT molecular complexity index is 1560. The summed E-state index contributed by atoms with van der Waals surface area (Å²) in [4.78, 5) is 17.0. The van der Waals surface area contributed by atoms with Crippen LogP contribution in [0.15, 0.2) is 12.1 Å². The summed E-state index contributed by atoms with van der Waals surface area (Å²) < 4.78 is 85.4. The first-order chi connectivity index (χ1) is 19.8. The van der Waals surface area contributed by atoms with Crippen molar-refractivity contribution in [3.8, 4) is 23.1 Å². The molecular formula is C28H30ClF5N6O2. The first-order valence-corrected chi connectivity index (χ1v) is 14.1. The van der Waals surface area contributed by atoms with Gasteiger partial charge in [-0.3, -0.25) is 4.90 Å². The second-order valence-electron chi connectivity index (χ2n) is 11.5. The summed E-state index contributed by atoms with van der Waals surface area (Å²) in [5.74, 6) is -1.02. The zero-order valence-corrected chi connectivity index (χ0v) is 24.0. The van der Waals surface area contributed by atoms with Crippen LogP contribution >= 0.6 is 11.6 Å². The van der Waals surface area contributed by atoms with Crippen LogP contribution in [0.25, 0.3) is 22.2 Å². The third-order valence-corrected chi connectivity index (χ3v) is 8.87. The van der Waals surface area contributed by atoms with Crippen LogP contribution < -0.4 is 20.1 Å². The zero-order chi connectivity index (χ0) is 30.1. The van der Waals surface area contributed by atoms with Crippen molar-refractivity contribution in [1.82, 2.24) is 19.9 Å². The van der Waals surface area contributed by atoms with E-state index in [9.17, 15) is 17.6 Å². The molecule has 3 aromatic rings. The minimum Gasteiger partial charge on any atom is -0.474 e. The molecule has 6 rings (SSSR count). The average Bonchev–Trinajstić information content (AvgIpc) is 3.41. The van der Waals surface area contributed by atoms with Gasteiger partial charge in [0.25, 0.3) is 0 Å². The van der Waals surface area contributed by atoms with E-state index in [4.69, 9.17) is 26.8 Å². The number of nitrogens with zero attached hydrogens (tertiary/aromatic N) is 5. The number of hydrogen-bond acceptors (Lipinski definition) is 8. The number of nitrogen functional groups attached to an aromatic ring is 1. The normalized spacial score (nSPS) is 26.2. The molecule has 0 bridgehead atoms. The van der Waals surface area contributed by atoms with Gasteiger partial charge in [-0.2, -0.15) is 23.1 Å². The Balaban J connectivity index is 1.56. The summed E-state index contributed by atoms with van der Waals surface area (Å²) in [6, 6.07) is 1.62. The Labute approximate surface area is 244 Å². The maximum Gasteiger partial charge on any atom is 0.418 e. The van der Waals surface area contributed by atoms with E-state index in [2.05, 4.69) is 19.9 Å². The maximum atomic E-state index is 16.5. The molecule has 42 heavy (non-hydrogen) atoms. The van der Waals surface area contributed by atoms with E-state index in [1.54, 1.807) is 14.0 Å². The third kappa shape index (κ3) is 4.83. The van der Waals surface area contributed by atoms with Crippen LogP contribution in [-0.4, -0.2) is 70.5 Å². The summed E-state index contributed by atoms with van der Waals surface area (Å²) >= 11 is 5.97. The highest BCUT2D eigenvalue weighted by Gasteiger charge is 2.49. The van der Waals surface area contributed by atoms with Crippen LogP contribution in [-0.2, 0) is 6.18 Å². The number of anilines is 2. The molecule has 2 N–H and O–H groups in total. The fourth-order valence-corrected chi connectivity index (χ4v) is 6.86. The molecule has 2 aromatic heterocycles. The van der Waals surface area contributed by atoms with Gasteiger partial charge >= 0.3 is 12.2 Å². The van der Waals surface area contributed by atoms with E-state index in [0.717, 1.165) is 31.5 Å². The van der Waals surface area contributed by atoms with Gasteiger partial charge in [-0.05, 0) is 45.4 Å². The van der Waals surface area contributed by atoms with Crippen LogP contribution in [0.5, 0.6) is 11.9 Å². The van der Waals surface area contributed by atoms with Crippen molar-refractivity contribution in [2.24, 2.45) is 0 Å². The zero-order valence-electron chi connectivity index (χ0n) is 23.2. The van der Waals surface area contributed by atoms with Crippen LogP contribution in [0.1, 0.15) is 45.1 Å². The molecule has 4 atom stereocenters. The summed E-state index contributed by atoms with van der Waals surface area (Å²) in [6.07, 6.45) is -3.89. The number of pyridine rings is 1. The molecule has 8 nitrogen and oxygen atoms in total. The second kappa shape index (κ2) is 10.2. The smallest absolute Gasteiger partial charge is 0.418 e. The maximum absolute atomic E-state index is 16.5. The molecule has 226 valence electrons. The Morgan fingerprint density at radius 1 is 1.21 bits per heavy atom. The van der Waals surface area contributed by atoms with Crippen molar-refractivity contribution >= 4 is 34.0 Å². The van der Waals surface area contributed by atoms with Crippen LogP contribution in [0.4, 0.5) is 33.5 Å². The predicted molar refractivity (Wildman–Crippen MR) is 148 cm³/mol. The van der Waals surface area contributed by atoms with Gasteiger partial charge in [-0.1, -0.05) is 11.6 Å². The molecule has 2 saturated heterocycles. The van der Waals surface area contributed by atoms with E-state index in [1.165, 1.54) is 0 Å². The number of benzene rings is 1. The van der Waals surface area contributed by atoms with Crippen LogP contribution in [0.3, 0.4) is 0 Å². The number of nitrogens with two attached hydrogens (primary N) is 1.